The number of carboxylic acids is 1. The summed E-state index contributed by atoms with van der Waals surface area (Å²) in [4.78, 5) is 27.4. The van der Waals surface area contributed by atoms with Gasteiger partial charge in [0.05, 0.1) is 11.4 Å². The summed E-state index contributed by atoms with van der Waals surface area (Å²) in [7, 11) is -3.95. The zero-order valence-corrected chi connectivity index (χ0v) is 17.7. The molecule has 1 amide bonds. The molecule has 166 valence electrons. The Morgan fingerprint density at radius 1 is 0.969 bits per heavy atom. The van der Waals surface area contributed by atoms with E-state index >= 15 is 0 Å². The minimum atomic E-state index is -3.95. The van der Waals surface area contributed by atoms with Crippen LogP contribution in [0, 0.1) is 0 Å². The number of aliphatic carboxylic acids is 1. The second-order valence-corrected chi connectivity index (χ2v) is 8.71. The summed E-state index contributed by atoms with van der Waals surface area (Å²) in [6, 6.07) is 19.5. The van der Waals surface area contributed by atoms with Crippen LogP contribution in [0.15, 0.2) is 82.7 Å². The van der Waals surface area contributed by atoms with Gasteiger partial charge in [0.2, 0.25) is 15.9 Å². The van der Waals surface area contributed by atoms with Gasteiger partial charge in [0.25, 0.3) is 0 Å². The molecule has 0 aliphatic rings. The van der Waals surface area contributed by atoms with Crippen LogP contribution in [0.3, 0.4) is 0 Å². The number of aliphatic imine (C=N–C) groups is 1. The predicted molar refractivity (Wildman–Crippen MR) is 120 cm³/mol. The summed E-state index contributed by atoms with van der Waals surface area (Å²) in [5.41, 5.74) is 6.40. The average molecular weight is 455 g/mol. The summed E-state index contributed by atoms with van der Waals surface area (Å²) in [5, 5.41) is 13.2. The monoisotopic (exact) mass is 454 g/mol. The first-order valence-electron chi connectivity index (χ1n) is 9.63. The summed E-state index contributed by atoms with van der Waals surface area (Å²) >= 11 is 0. The van der Waals surface area contributed by atoms with Crippen molar-refractivity contribution >= 4 is 38.6 Å². The van der Waals surface area contributed by atoms with Crippen molar-refractivity contribution in [2.75, 3.05) is 6.54 Å². The van der Waals surface area contributed by atoms with Crippen molar-refractivity contribution in [1.82, 2.24) is 10.0 Å². The Morgan fingerprint density at radius 3 is 2.31 bits per heavy atom. The lowest BCUT2D eigenvalue weighted by atomic mass is 10.1. The molecule has 0 aromatic heterocycles. The number of rotatable bonds is 8. The second-order valence-electron chi connectivity index (χ2n) is 6.94. The molecule has 0 saturated heterocycles. The van der Waals surface area contributed by atoms with E-state index in [1.165, 1.54) is 12.1 Å². The smallest absolute Gasteiger partial charge is 0.328 e. The van der Waals surface area contributed by atoms with E-state index in [0.29, 0.717) is 0 Å². The highest BCUT2D eigenvalue weighted by Crippen LogP contribution is 2.18. The summed E-state index contributed by atoms with van der Waals surface area (Å²) in [6.45, 7) is -0.595. The number of amides is 1. The molecule has 5 N–H and O–H groups in total. The molecular formula is C22H22N4O5S. The van der Waals surface area contributed by atoms with Gasteiger partial charge in [-0.15, -0.1) is 0 Å². The Morgan fingerprint density at radius 2 is 1.62 bits per heavy atom. The molecule has 0 aliphatic heterocycles. The van der Waals surface area contributed by atoms with Crippen LogP contribution in [0.1, 0.15) is 5.56 Å². The molecule has 9 nitrogen and oxygen atoms in total. The number of guanidine groups is 1. The molecule has 0 heterocycles. The van der Waals surface area contributed by atoms with Crippen molar-refractivity contribution in [2.45, 2.75) is 17.4 Å². The molecule has 1 unspecified atom stereocenters. The van der Waals surface area contributed by atoms with Crippen molar-refractivity contribution in [2.24, 2.45) is 10.7 Å². The Labute approximate surface area is 185 Å². The Hall–Kier alpha value is -3.76. The topological polar surface area (TPSA) is 151 Å². The van der Waals surface area contributed by atoms with E-state index in [1.807, 2.05) is 12.1 Å². The fourth-order valence-electron chi connectivity index (χ4n) is 2.99. The van der Waals surface area contributed by atoms with Gasteiger partial charge in [0, 0.05) is 6.42 Å². The molecule has 0 spiro atoms. The third-order valence-corrected chi connectivity index (χ3v) is 5.97. The number of nitrogens with zero attached hydrogens (tertiary/aromatic N) is 1. The van der Waals surface area contributed by atoms with Crippen molar-refractivity contribution in [1.29, 1.82) is 0 Å². The molecule has 0 fully saturated rings. The van der Waals surface area contributed by atoms with E-state index in [-0.39, 0.29) is 11.3 Å². The molecule has 3 aromatic carbocycles. The van der Waals surface area contributed by atoms with E-state index in [4.69, 9.17) is 5.73 Å². The predicted octanol–water partition coefficient (Wildman–Crippen LogP) is 1.24. The maximum Gasteiger partial charge on any atom is 0.328 e. The van der Waals surface area contributed by atoms with Gasteiger partial charge in [-0.1, -0.05) is 60.7 Å². The van der Waals surface area contributed by atoms with Crippen LogP contribution in [0.2, 0.25) is 0 Å². The quantitative estimate of drug-likeness (QED) is 0.297. The van der Waals surface area contributed by atoms with Crippen LogP contribution in [-0.2, 0) is 26.0 Å². The SMILES string of the molecule is NC(=NC(Cc1ccccc1)C(=O)O)NC(=O)CNS(=O)(=O)c1ccc2ccccc2c1. The summed E-state index contributed by atoms with van der Waals surface area (Å²) < 4.78 is 27.2. The number of carboxylic acid groups (broad SMARTS) is 1. The maximum absolute atomic E-state index is 12.5. The van der Waals surface area contributed by atoms with Gasteiger partial charge in [-0.2, -0.15) is 0 Å². The summed E-state index contributed by atoms with van der Waals surface area (Å²) in [6.07, 6.45) is 0.0847. The van der Waals surface area contributed by atoms with Crippen LogP contribution in [0.5, 0.6) is 0 Å². The van der Waals surface area contributed by atoms with Gasteiger partial charge in [-0.25, -0.2) is 22.9 Å². The molecule has 10 heteroatoms. The number of nitrogens with one attached hydrogen (secondary N) is 2. The van der Waals surface area contributed by atoms with Gasteiger partial charge < -0.3 is 10.8 Å². The zero-order valence-electron chi connectivity index (χ0n) is 16.9. The van der Waals surface area contributed by atoms with E-state index < -0.39 is 40.4 Å². The highest BCUT2D eigenvalue weighted by Gasteiger charge is 2.19. The van der Waals surface area contributed by atoms with Crippen LogP contribution < -0.4 is 15.8 Å². The molecule has 3 aromatic rings. The lowest BCUT2D eigenvalue weighted by Gasteiger charge is -2.11. The normalized spacial score (nSPS) is 12.9. The number of carbonyl (C=O) groups is 2. The number of benzene rings is 3. The number of hydrogen-bond acceptors (Lipinski definition) is 5. The van der Waals surface area contributed by atoms with E-state index in [1.54, 1.807) is 48.5 Å². The molecule has 3 rings (SSSR count). The Balaban J connectivity index is 1.61. The minimum Gasteiger partial charge on any atom is -0.480 e. The van der Waals surface area contributed by atoms with Gasteiger partial charge in [-0.05, 0) is 28.5 Å². The number of carbonyl (C=O) groups excluding carboxylic acids is 1. The largest absolute Gasteiger partial charge is 0.480 e. The number of hydrogen-bond donors (Lipinski definition) is 4. The minimum absolute atomic E-state index is 0.0134. The third kappa shape index (κ3) is 6.13. The maximum atomic E-state index is 12.5. The van der Waals surface area contributed by atoms with E-state index in [2.05, 4.69) is 15.0 Å². The second kappa shape index (κ2) is 10.0. The first-order valence-corrected chi connectivity index (χ1v) is 11.1. The number of nitrogens with two attached hydrogens (primary N) is 1. The van der Waals surface area contributed by atoms with Crippen molar-refractivity contribution in [3.8, 4) is 0 Å². The lowest BCUT2D eigenvalue weighted by Crippen LogP contribution is -2.44. The molecule has 0 aliphatic carbocycles. The highest BCUT2D eigenvalue weighted by atomic mass is 32.2. The fraction of sp³-hybridized carbons (Fsp3) is 0.136. The molecular weight excluding hydrogens is 432 g/mol. The first-order chi connectivity index (χ1) is 15.2. The highest BCUT2D eigenvalue weighted by molar-refractivity contribution is 7.89. The Bertz CT molecular complexity index is 1260. The van der Waals surface area contributed by atoms with Crippen molar-refractivity contribution < 1.29 is 23.1 Å². The molecule has 0 radical (unpaired) electrons. The van der Waals surface area contributed by atoms with Gasteiger partial charge in [0.15, 0.2) is 12.0 Å². The molecule has 32 heavy (non-hydrogen) atoms. The van der Waals surface area contributed by atoms with Crippen LogP contribution >= 0.6 is 0 Å². The number of sulfonamides is 1. The first kappa shape index (κ1) is 22.9. The molecule has 0 saturated carbocycles. The van der Waals surface area contributed by atoms with Crippen LogP contribution in [-0.4, -0.2) is 43.9 Å². The van der Waals surface area contributed by atoms with Gasteiger partial charge in [0.1, 0.15) is 0 Å². The van der Waals surface area contributed by atoms with E-state index in [9.17, 15) is 23.1 Å². The summed E-state index contributed by atoms with van der Waals surface area (Å²) in [5.74, 6) is -2.40. The standard InChI is InChI=1S/C22H22N4O5S/c23-22(25-19(21(28)29)12-15-6-2-1-3-7-15)26-20(27)14-24-32(30,31)18-11-10-16-8-4-5-9-17(16)13-18/h1-11,13,19,24H,12,14H2,(H,28,29)(H3,23,25,26,27). The Kier molecular flexibility index (Phi) is 7.18. The third-order valence-electron chi connectivity index (χ3n) is 4.57. The number of fused-ring (bicyclic) bond motifs is 1. The van der Waals surface area contributed by atoms with Gasteiger partial charge >= 0.3 is 5.97 Å². The fourth-order valence-corrected chi connectivity index (χ4v) is 4.01. The molecule has 0 bridgehead atoms. The van der Waals surface area contributed by atoms with Crippen molar-refractivity contribution in [3.63, 3.8) is 0 Å². The van der Waals surface area contributed by atoms with Crippen LogP contribution in [0.25, 0.3) is 10.8 Å². The molecule has 1 atom stereocenters. The van der Waals surface area contributed by atoms with Crippen LogP contribution in [0.4, 0.5) is 0 Å². The average Bonchev–Trinajstić information content (AvgIpc) is 2.77. The zero-order chi connectivity index (χ0) is 23.1. The lowest BCUT2D eigenvalue weighted by molar-refractivity contribution is -0.138. The van der Waals surface area contributed by atoms with E-state index in [0.717, 1.165) is 16.3 Å². The van der Waals surface area contributed by atoms with Gasteiger partial charge in [-0.3, -0.25) is 10.1 Å². The van der Waals surface area contributed by atoms with Crippen molar-refractivity contribution in [3.05, 3.63) is 78.4 Å².